The lowest BCUT2D eigenvalue weighted by molar-refractivity contribution is -0.137. The molecule has 0 amide bonds. The standard InChI is InChI=1S/C12H20O2/c13-12(14)6-5-10-8-11(10)7-9-3-1-2-4-9/h9-11H,1-8H2,(H,13,14). The van der Waals surface area contributed by atoms with Crippen molar-refractivity contribution in [2.75, 3.05) is 0 Å². The van der Waals surface area contributed by atoms with Crippen molar-refractivity contribution in [1.82, 2.24) is 0 Å². The first-order chi connectivity index (χ1) is 6.75. The minimum Gasteiger partial charge on any atom is -0.481 e. The number of carboxylic acids is 1. The first-order valence-corrected chi connectivity index (χ1v) is 5.97. The van der Waals surface area contributed by atoms with E-state index in [0.717, 1.165) is 24.2 Å². The van der Waals surface area contributed by atoms with Crippen LogP contribution in [0.1, 0.15) is 51.4 Å². The molecule has 0 bridgehead atoms. The zero-order valence-corrected chi connectivity index (χ0v) is 8.74. The second kappa shape index (κ2) is 4.33. The Hall–Kier alpha value is -0.530. The molecular weight excluding hydrogens is 176 g/mol. The van der Waals surface area contributed by atoms with Gasteiger partial charge in [-0.1, -0.05) is 25.7 Å². The number of carboxylic acid groups (broad SMARTS) is 1. The van der Waals surface area contributed by atoms with Gasteiger partial charge >= 0.3 is 5.97 Å². The summed E-state index contributed by atoms with van der Waals surface area (Å²) in [5.74, 6) is 2.00. The summed E-state index contributed by atoms with van der Waals surface area (Å²) >= 11 is 0. The predicted octanol–water partition coefficient (Wildman–Crippen LogP) is 3.07. The Morgan fingerprint density at radius 2 is 1.93 bits per heavy atom. The molecule has 0 spiro atoms. The van der Waals surface area contributed by atoms with Crippen LogP contribution in [-0.4, -0.2) is 11.1 Å². The smallest absolute Gasteiger partial charge is 0.303 e. The van der Waals surface area contributed by atoms with Gasteiger partial charge in [0.05, 0.1) is 0 Å². The molecule has 0 aromatic rings. The molecule has 0 radical (unpaired) electrons. The molecule has 2 unspecified atom stereocenters. The van der Waals surface area contributed by atoms with E-state index < -0.39 is 5.97 Å². The number of hydrogen-bond donors (Lipinski definition) is 1. The van der Waals surface area contributed by atoms with Crippen molar-refractivity contribution in [1.29, 1.82) is 0 Å². The minimum absolute atomic E-state index is 0.381. The topological polar surface area (TPSA) is 37.3 Å². The second-order valence-corrected chi connectivity index (χ2v) is 5.07. The van der Waals surface area contributed by atoms with Crippen LogP contribution < -0.4 is 0 Å². The van der Waals surface area contributed by atoms with Gasteiger partial charge in [0.25, 0.3) is 0 Å². The van der Waals surface area contributed by atoms with Gasteiger partial charge in [0.15, 0.2) is 0 Å². The molecule has 2 saturated carbocycles. The third-order valence-electron chi connectivity index (χ3n) is 3.91. The number of aliphatic carboxylic acids is 1. The molecule has 0 aliphatic heterocycles. The Morgan fingerprint density at radius 3 is 2.57 bits per heavy atom. The highest BCUT2D eigenvalue weighted by atomic mass is 16.4. The average Bonchev–Trinajstić information content (AvgIpc) is 2.63. The molecule has 2 fully saturated rings. The van der Waals surface area contributed by atoms with Gasteiger partial charge in [-0.15, -0.1) is 0 Å². The van der Waals surface area contributed by atoms with Crippen LogP contribution >= 0.6 is 0 Å². The van der Waals surface area contributed by atoms with Crippen molar-refractivity contribution in [2.45, 2.75) is 51.4 Å². The highest BCUT2D eigenvalue weighted by molar-refractivity contribution is 5.66. The summed E-state index contributed by atoms with van der Waals surface area (Å²) < 4.78 is 0. The van der Waals surface area contributed by atoms with Crippen molar-refractivity contribution < 1.29 is 9.90 Å². The van der Waals surface area contributed by atoms with Gasteiger partial charge < -0.3 is 5.11 Å². The first kappa shape index (κ1) is 10.0. The van der Waals surface area contributed by atoms with Gasteiger partial charge in [-0.05, 0) is 37.0 Å². The van der Waals surface area contributed by atoms with E-state index in [9.17, 15) is 4.79 Å². The summed E-state index contributed by atoms with van der Waals surface area (Å²) in [6.45, 7) is 0. The lowest BCUT2D eigenvalue weighted by Gasteiger charge is -2.07. The lowest BCUT2D eigenvalue weighted by atomic mass is 9.99. The number of rotatable bonds is 5. The molecule has 1 N–H and O–H groups in total. The van der Waals surface area contributed by atoms with Crippen LogP contribution in [0.5, 0.6) is 0 Å². The summed E-state index contributed by atoms with van der Waals surface area (Å²) in [5.41, 5.74) is 0. The maximum atomic E-state index is 10.4. The third-order valence-corrected chi connectivity index (χ3v) is 3.91. The van der Waals surface area contributed by atoms with E-state index in [2.05, 4.69) is 0 Å². The van der Waals surface area contributed by atoms with Crippen molar-refractivity contribution in [3.05, 3.63) is 0 Å². The van der Waals surface area contributed by atoms with E-state index in [0.29, 0.717) is 6.42 Å². The van der Waals surface area contributed by atoms with E-state index in [-0.39, 0.29) is 0 Å². The first-order valence-electron chi connectivity index (χ1n) is 5.97. The molecular formula is C12H20O2. The third kappa shape index (κ3) is 2.73. The zero-order chi connectivity index (χ0) is 9.97. The highest BCUT2D eigenvalue weighted by Crippen LogP contribution is 2.48. The summed E-state index contributed by atoms with van der Waals surface area (Å²) in [6, 6.07) is 0. The summed E-state index contributed by atoms with van der Waals surface area (Å²) in [6.07, 6.45) is 9.73. The number of hydrogen-bond acceptors (Lipinski definition) is 1. The van der Waals surface area contributed by atoms with Gasteiger partial charge in [0.1, 0.15) is 0 Å². The fourth-order valence-electron chi connectivity index (χ4n) is 2.94. The summed E-state index contributed by atoms with van der Waals surface area (Å²) in [7, 11) is 0. The van der Waals surface area contributed by atoms with Crippen LogP contribution in [0.3, 0.4) is 0 Å². The van der Waals surface area contributed by atoms with E-state index in [1.54, 1.807) is 0 Å². The Balaban J connectivity index is 1.59. The van der Waals surface area contributed by atoms with Crippen LogP contribution in [0.15, 0.2) is 0 Å². The van der Waals surface area contributed by atoms with Gasteiger partial charge in [0, 0.05) is 6.42 Å². The van der Waals surface area contributed by atoms with Crippen LogP contribution in [0.25, 0.3) is 0 Å². The van der Waals surface area contributed by atoms with Crippen molar-refractivity contribution >= 4 is 5.97 Å². The molecule has 0 saturated heterocycles. The second-order valence-electron chi connectivity index (χ2n) is 5.07. The predicted molar refractivity (Wildman–Crippen MR) is 55.0 cm³/mol. The molecule has 2 nitrogen and oxygen atoms in total. The number of carbonyl (C=O) groups is 1. The Kier molecular flexibility index (Phi) is 3.09. The van der Waals surface area contributed by atoms with Crippen LogP contribution in [0, 0.1) is 17.8 Å². The Morgan fingerprint density at radius 1 is 1.21 bits per heavy atom. The maximum absolute atomic E-state index is 10.4. The lowest BCUT2D eigenvalue weighted by Crippen LogP contribution is -1.98. The molecule has 2 aliphatic carbocycles. The van der Waals surface area contributed by atoms with E-state index >= 15 is 0 Å². The quantitative estimate of drug-likeness (QED) is 0.733. The molecule has 2 aliphatic rings. The molecule has 80 valence electrons. The summed E-state index contributed by atoms with van der Waals surface area (Å²) in [5, 5.41) is 8.56. The average molecular weight is 196 g/mol. The monoisotopic (exact) mass is 196 g/mol. The van der Waals surface area contributed by atoms with E-state index in [4.69, 9.17) is 5.11 Å². The molecule has 0 aromatic carbocycles. The Bertz CT molecular complexity index is 206. The van der Waals surface area contributed by atoms with Crippen molar-refractivity contribution in [3.8, 4) is 0 Å². The molecule has 0 aromatic heterocycles. The fraction of sp³-hybridized carbons (Fsp3) is 0.917. The molecule has 2 rings (SSSR count). The molecule has 2 atom stereocenters. The molecule has 2 heteroatoms. The molecule has 0 heterocycles. The largest absolute Gasteiger partial charge is 0.481 e. The minimum atomic E-state index is -0.628. The van der Waals surface area contributed by atoms with Gasteiger partial charge in [-0.25, -0.2) is 0 Å². The fourth-order valence-corrected chi connectivity index (χ4v) is 2.94. The van der Waals surface area contributed by atoms with Gasteiger partial charge in [-0.3, -0.25) is 4.79 Å². The highest BCUT2D eigenvalue weighted by Gasteiger charge is 2.38. The Labute approximate surface area is 85.7 Å². The van der Waals surface area contributed by atoms with Crippen LogP contribution in [0.4, 0.5) is 0 Å². The van der Waals surface area contributed by atoms with Crippen LogP contribution in [0.2, 0.25) is 0 Å². The van der Waals surface area contributed by atoms with Crippen molar-refractivity contribution in [2.24, 2.45) is 17.8 Å². The maximum Gasteiger partial charge on any atom is 0.303 e. The van der Waals surface area contributed by atoms with E-state index in [1.165, 1.54) is 38.5 Å². The zero-order valence-electron chi connectivity index (χ0n) is 8.74. The summed E-state index contributed by atoms with van der Waals surface area (Å²) in [4.78, 5) is 10.4. The normalized spacial score (nSPS) is 32.0. The van der Waals surface area contributed by atoms with E-state index in [1.807, 2.05) is 0 Å². The van der Waals surface area contributed by atoms with Crippen molar-refractivity contribution in [3.63, 3.8) is 0 Å². The van der Waals surface area contributed by atoms with Gasteiger partial charge in [-0.2, -0.15) is 0 Å². The SMILES string of the molecule is O=C(O)CCC1CC1CC1CCCC1. The van der Waals surface area contributed by atoms with Crippen LogP contribution in [-0.2, 0) is 4.79 Å². The van der Waals surface area contributed by atoms with Gasteiger partial charge in [0.2, 0.25) is 0 Å². The molecule has 14 heavy (non-hydrogen) atoms.